The van der Waals surface area contributed by atoms with E-state index in [1.54, 1.807) is 6.07 Å². The normalized spacial score (nSPS) is 23.0. The molecule has 138 valence electrons. The summed E-state index contributed by atoms with van der Waals surface area (Å²) in [6.07, 6.45) is 2.13. The van der Waals surface area contributed by atoms with Crippen LogP contribution in [0.4, 0.5) is 0 Å². The second kappa shape index (κ2) is 7.71. The molecule has 4 heteroatoms. The number of amides is 1. The van der Waals surface area contributed by atoms with Crippen LogP contribution in [0.15, 0.2) is 48.5 Å². The molecule has 3 rings (SSSR count). The lowest BCUT2D eigenvalue weighted by molar-refractivity contribution is -0.133. The zero-order valence-electron chi connectivity index (χ0n) is 15.4. The number of carbonyl (C=O) groups is 1. The van der Waals surface area contributed by atoms with E-state index in [2.05, 4.69) is 19.9 Å². The molecule has 0 aliphatic carbocycles. The Balaban J connectivity index is 1.62. The van der Waals surface area contributed by atoms with Crippen molar-refractivity contribution in [2.45, 2.75) is 38.5 Å². The predicted molar refractivity (Wildman–Crippen MR) is 106 cm³/mol. The first-order valence-corrected chi connectivity index (χ1v) is 9.58. The second-order valence-electron chi connectivity index (χ2n) is 7.59. The van der Waals surface area contributed by atoms with Gasteiger partial charge in [-0.3, -0.25) is 4.79 Å². The summed E-state index contributed by atoms with van der Waals surface area (Å²) in [6, 6.07) is 15.2. The first-order valence-electron chi connectivity index (χ1n) is 9.20. The third-order valence-corrected chi connectivity index (χ3v) is 6.09. The molecular formula is C22H26ClNO2. The standard InChI is InChI=1S/C22H26ClNO2/c1-16-15-24(21(26)10-9-17-5-3-7-19(23)13-17)12-11-22(16,2)18-6-4-8-20(25)14-18/h3-8,13-14,16,25H,9-12,15H2,1-2H3/t16-,22+/m0/s1. The number of likely N-dealkylation sites (tertiary alicyclic amines) is 1. The number of phenols is 1. The summed E-state index contributed by atoms with van der Waals surface area (Å²) in [5, 5.41) is 10.5. The largest absolute Gasteiger partial charge is 0.508 e. The molecule has 0 spiro atoms. The van der Waals surface area contributed by atoms with Gasteiger partial charge in [-0.1, -0.05) is 49.7 Å². The molecule has 1 N–H and O–H groups in total. The fourth-order valence-corrected chi connectivity index (χ4v) is 4.07. The summed E-state index contributed by atoms with van der Waals surface area (Å²) < 4.78 is 0. The number of hydrogen-bond acceptors (Lipinski definition) is 2. The monoisotopic (exact) mass is 371 g/mol. The predicted octanol–water partition coefficient (Wildman–Crippen LogP) is 4.80. The molecule has 2 atom stereocenters. The molecule has 1 aliphatic heterocycles. The summed E-state index contributed by atoms with van der Waals surface area (Å²) in [6.45, 7) is 5.94. The van der Waals surface area contributed by atoms with Crippen LogP contribution in [0.1, 0.15) is 37.8 Å². The molecule has 0 radical (unpaired) electrons. The maximum absolute atomic E-state index is 12.7. The Labute approximate surface area is 160 Å². The van der Waals surface area contributed by atoms with Crippen molar-refractivity contribution in [2.75, 3.05) is 13.1 Å². The Kier molecular flexibility index (Phi) is 5.57. The summed E-state index contributed by atoms with van der Waals surface area (Å²) in [4.78, 5) is 14.6. The van der Waals surface area contributed by atoms with Crippen LogP contribution in [-0.4, -0.2) is 29.0 Å². The highest BCUT2D eigenvalue weighted by Crippen LogP contribution is 2.40. The number of hydrogen-bond donors (Lipinski definition) is 1. The zero-order chi connectivity index (χ0) is 18.7. The van der Waals surface area contributed by atoms with E-state index in [1.165, 1.54) is 0 Å². The van der Waals surface area contributed by atoms with Crippen molar-refractivity contribution in [1.82, 2.24) is 4.90 Å². The number of aryl methyl sites for hydroxylation is 1. The van der Waals surface area contributed by atoms with E-state index in [-0.39, 0.29) is 11.3 Å². The third kappa shape index (κ3) is 4.04. The average Bonchev–Trinajstić information content (AvgIpc) is 2.62. The van der Waals surface area contributed by atoms with Gasteiger partial charge in [0.05, 0.1) is 0 Å². The van der Waals surface area contributed by atoms with Gasteiger partial charge in [0.1, 0.15) is 5.75 Å². The minimum absolute atomic E-state index is 0.0253. The van der Waals surface area contributed by atoms with Gasteiger partial charge < -0.3 is 10.0 Å². The van der Waals surface area contributed by atoms with E-state index in [1.807, 2.05) is 41.3 Å². The summed E-state index contributed by atoms with van der Waals surface area (Å²) >= 11 is 6.02. The maximum Gasteiger partial charge on any atom is 0.222 e. The van der Waals surface area contributed by atoms with Gasteiger partial charge in [0.25, 0.3) is 0 Å². The molecular weight excluding hydrogens is 346 g/mol. The van der Waals surface area contributed by atoms with Crippen LogP contribution in [-0.2, 0) is 16.6 Å². The number of rotatable bonds is 4. The molecule has 1 fully saturated rings. The molecule has 0 saturated carbocycles. The van der Waals surface area contributed by atoms with Crippen LogP contribution in [0.25, 0.3) is 0 Å². The fraction of sp³-hybridized carbons (Fsp3) is 0.409. The lowest BCUT2D eigenvalue weighted by Crippen LogP contribution is -2.49. The first-order chi connectivity index (χ1) is 12.4. The van der Waals surface area contributed by atoms with Crippen LogP contribution >= 0.6 is 11.6 Å². The van der Waals surface area contributed by atoms with E-state index < -0.39 is 0 Å². The smallest absolute Gasteiger partial charge is 0.222 e. The first kappa shape index (κ1) is 18.8. The van der Waals surface area contributed by atoms with Crippen molar-refractivity contribution >= 4 is 17.5 Å². The molecule has 26 heavy (non-hydrogen) atoms. The van der Waals surface area contributed by atoms with Gasteiger partial charge in [0.2, 0.25) is 5.91 Å². The molecule has 0 bridgehead atoms. The molecule has 1 heterocycles. The van der Waals surface area contributed by atoms with Crippen molar-refractivity contribution in [1.29, 1.82) is 0 Å². The number of piperidine rings is 1. The third-order valence-electron chi connectivity index (χ3n) is 5.86. The van der Waals surface area contributed by atoms with Crippen molar-refractivity contribution in [3.8, 4) is 5.75 Å². The SMILES string of the molecule is C[C@H]1CN(C(=O)CCc2cccc(Cl)c2)CC[C@@]1(C)c1cccc(O)c1. The summed E-state index contributed by atoms with van der Waals surface area (Å²) in [5.41, 5.74) is 2.22. The fourth-order valence-electron chi connectivity index (χ4n) is 3.86. The summed E-state index contributed by atoms with van der Waals surface area (Å²) in [5.74, 6) is 0.832. The van der Waals surface area contributed by atoms with Gasteiger partial charge in [0.15, 0.2) is 0 Å². The van der Waals surface area contributed by atoms with Gasteiger partial charge in [0, 0.05) is 24.5 Å². The van der Waals surface area contributed by atoms with Gasteiger partial charge >= 0.3 is 0 Å². The summed E-state index contributed by atoms with van der Waals surface area (Å²) in [7, 11) is 0. The van der Waals surface area contributed by atoms with E-state index in [0.717, 1.165) is 30.6 Å². The Morgan fingerprint density at radius 1 is 1.27 bits per heavy atom. The molecule has 2 aromatic carbocycles. The molecule has 1 amide bonds. The zero-order valence-corrected chi connectivity index (χ0v) is 16.2. The van der Waals surface area contributed by atoms with Crippen LogP contribution in [0.5, 0.6) is 5.75 Å². The van der Waals surface area contributed by atoms with Crippen molar-refractivity contribution in [2.24, 2.45) is 5.92 Å². The van der Waals surface area contributed by atoms with Crippen LogP contribution in [0.2, 0.25) is 5.02 Å². The number of carbonyl (C=O) groups excluding carboxylic acids is 1. The van der Waals surface area contributed by atoms with Crippen LogP contribution < -0.4 is 0 Å². The van der Waals surface area contributed by atoms with Gasteiger partial charge in [-0.2, -0.15) is 0 Å². The lowest BCUT2D eigenvalue weighted by atomic mass is 9.68. The molecule has 3 nitrogen and oxygen atoms in total. The highest BCUT2D eigenvalue weighted by atomic mass is 35.5. The second-order valence-corrected chi connectivity index (χ2v) is 8.02. The quantitative estimate of drug-likeness (QED) is 0.838. The molecule has 0 aromatic heterocycles. The van der Waals surface area contributed by atoms with Crippen LogP contribution in [0.3, 0.4) is 0 Å². The van der Waals surface area contributed by atoms with E-state index >= 15 is 0 Å². The van der Waals surface area contributed by atoms with Crippen molar-refractivity contribution in [3.05, 3.63) is 64.7 Å². The van der Waals surface area contributed by atoms with E-state index in [4.69, 9.17) is 11.6 Å². The maximum atomic E-state index is 12.7. The Morgan fingerprint density at radius 2 is 2.04 bits per heavy atom. The van der Waals surface area contributed by atoms with Crippen molar-refractivity contribution < 1.29 is 9.90 Å². The highest BCUT2D eigenvalue weighted by Gasteiger charge is 2.39. The van der Waals surface area contributed by atoms with E-state index in [0.29, 0.717) is 29.5 Å². The topological polar surface area (TPSA) is 40.5 Å². The van der Waals surface area contributed by atoms with Gasteiger partial charge in [-0.05, 0) is 59.6 Å². The van der Waals surface area contributed by atoms with Gasteiger partial charge in [-0.25, -0.2) is 0 Å². The number of phenolic OH excluding ortho intramolecular Hbond substituents is 1. The minimum atomic E-state index is -0.0253. The number of nitrogens with zero attached hydrogens (tertiary/aromatic N) is 1. The number of benzene rings is 2. The van der Waals surface area contributed by atoms with Crippen molar-refractivity contribution in [3.63, 3.8) is 0 Å². The van der Waals surface area contributed by atoms with Gasteiger partial charge in [-0.15, -0.1) is 0 Å². The van der Waals surface area contributed by atoms with E-state index in [9.17, 15) is 9.90 Å². The van der Waals surface area contributed by atoms with Crippen LogP contribution in [0, 0.1) is 5.92 Å². The molecule has 2 aromatic rings. The molecule has 0 unspecified atom stereocenters. The Morgan fingerprint density at radius 3 is 2.73 bits per heavy atom. The minimum Gasteiger partial charge on any atom is -0.508 e. The molecule has 1 aliphatic rings. The number of halogens is 1. The Bertz CT molecular complexity index is 791. The Hall–Kier alpha value is -2.00. The molecule has 1 saturated heterocycles. The number of aromatic hydroxyl groups is 1. The highest BCUT2D eigenvalue weighted by molar-refractivity contribution is 6.30. The lowest BCUT2D eigenvalue weighted by Gasteiger charge is -2.45. The average molecular weight is 372 g/mol.